The summed E-state index contributed by atoms with van der Waals surface area (Å²) >= 11 is -4.02. The van der Waals surface area contributed by atoms with E-state index in [-0.39, 0.29) is 9.04 Å². The molecule has 0 nitrogen and oxygen atoms in total. The maximum absolute atomic E-state index is 7.90. The first kappa shape index (κ1) is 27.5. The van der Waals surface area contributed by atoms with Gasteiger partial charge in [0, 0.05) is 0 Å². The minimum absolute atomic E-state index is 0.0415. The van der Waals surface area contributed by atoms with Crippen LogP contribution in [0.3, 0.4) is 0 Å². The summed E-state index contributed by atoms with van der Waals surface area (Å²) in [6, 6.07) is 31.3. The van der Waals surface area contributed by atoms with Gasteiger partial charge in [0.1, 0.15) is 0 Å². The molecule has 0 saturated carbocycles. The molecule has 0 spiro atoms. The molecule has 4 heteroatoms. The summed E-state index contributed by atoms with van der Waals surface area (Å²) in [6.07, 6.45) is 3.52. The van der Waals surface area contributed by atoms with Crippen LogP contribution in [0, 0.1) is 11.3 Å². The molecule has 1 heterocycles. The van der Waals surface area contributed by atoms with Crippen LogP contribution >= 0.6 is 17.0 Å². The minimum atomic E-state index is -4.02. The van der Waals surface area contributed by atoms with Gasteiger partial charge in [-0.1, -0.05) is 0 Å². The molecular weight excluding hydrogens is 611 g/mol. The predicted molar refractivity (Wildman–Crippen MR) is 172 cm³/mol. The Morgan fingerprint density at radius 3 is 2.23 bits per heavy atom. The van der Waals surface area contributed by atoms with Crippen molar-refractivity contribution in [1.29, 1.82) is 0 Å². The number of hydrogen-bond acceptors (Lipinski definition) is 0. The molecule has 1 aliphatic heterocycles. The molecule has 0 bridgehead atoms. The SMILES string of the molecule is CC(C)Cc1ccc2c(c1-c1ccccc1)C=C(C(C)(C)C)[CH]2[Zr]([Cl])([Cl])[c]1cccc2c1[SiH2]c1ccccc1-2. The van der Waals surface area contributed by atoms with Gasteiger partial charge in [-0.15, -0.1) is 0 Å². The molecule has 2 aliphatic rings. The summed E-state index contributed by atoms with van der Waals surface area (Å²) in [7, 11) is 15.2. The molecular formula is C35H36Cl2SiZr. The average Bonchev–Trinajstić information content (AvgIpc) is 3.48. The van der Waals surface area contributed by atoms with E-state index in [1.54, 1.807) is 0 Å². The van der Waals surface area contributed by atoms with Gasteiger partial charge in [0.05, 0.1) is 0 Å². The molecule has 4 aromatic carbocycles. The van der Waals surface area contributed by atoms with Crippen molar-refractivity contribution in [3.8, 4) is 22.3 Å². The van der Waals surface area contributed by atoms with Gasteiger partial charge in [-0.25, -0.2) is 0 Å². The number of fused-ring (bicyclic) bond motifs is 4. The molecule has 0 fully saturated rings. The van der Waals surface area contributed by atoms with Crippen LogP contribution in [0.1, 0.15) is 54.9 Å². The molecule has 198 valence electrons. The number of benzene rings is 4. The van der Waals surface area contributed by atoms with Gasteiger partial charge in [0.2, 0.25) is 0 Å². The van der Waals surface area contributed by atoms with Crippen molar-refractivity contribution in [3.05, 3.63) is 107 Å². The molecule has 1 aliphatic carbocycles. The fourth-order valence-corrected chi connectivity index (χ4v) is 23.8. The second-order valence-corrected chi connectivity index (χ2v) is 28.5. The number of hydrogen-bond donors (Lipinski definition) is 0. The molecule has 6 rings (SSSR count). The zero-order valence-corrected chi connectivity index (χ0v) is 28.9. The third-order valence-corrected chi connectivity index (χ3v) is 22.6. The summed E-state index contributed by atoms with van der Waals surface area (Å²) < 4.78 is 1.38. The first-order valence-corrected chi connectivity index (χ1v) is 24.5. The Morgan fingerprint density at radius 2 is 1.51 bits per heavy atom. The number of halogens is 2. The van der Waals surface area contributed by atoms with Gasteiger partial charge in [-0.3, -0.25) is 0 Å². The fraction of sp³-hybridized carbons (Fsp3) is 0.257. The molecule has 4 aromatic rings. The van der Waals surface area contributed by atoms with Crippen LogP contribution in [0.5, 0.6) is 0 Å². The first-order valence-electron chi connectivity index (χ1n) is 14.1. The molecule has 0 N–H and O–H groups in total. The van der Waals surface area contributed by atoms with Crippen molar-refractivity contribution in [2.24, 2.45) is 11.3 Å². The van der Waals surface area contributed by atoms with Crippen molar-refractivity contribution in [1.82, 2.24) is 0 Å². The third kappa shape index (κ3) is 4.80. The first-order chi connectivity index (χ1) is 18.6. The van der Waals surface area contributed by atoms with E-state index in [0.717, 1.165) is 6.42 Å². The van der Waals surface area contributed by atoms with E-state index in [2.05, 4.69) is 126 Å². The summed E-state index contributed by atoms with van der Waals surface area (Å²) in [5.74, 6) is 0.576. The van der Waals surface area contributed by atoms with Crippen molar-refractivity contribution in [2.75, 3.05) is 0 Å². The van der Waals surface area contributed by atoms with Crippen LogP contribution < -0.4 is 13.6 Å². The zero-order chi connectivity index (χ0) is 27.5. The van der Waals surface area contributed by atoms with Crippen molar-refractivity contribution >= 4 is 46.3 Å². The number of rotatable bonds is 5. The Morgan fingerprint density at radius 1 is 0.821 bits per heavy atom. The van der Waals surface area contributed by atoms with Crippen LogP contribution in [0.25, 0.3) is 28.3 Å². The van der Waals surface area contributed by atoms with E-state index in [1.807, 2.05) is 0 Å². The molecule has 0 aromatic heterocycles. The van der Waals surface area contributed by atoms with Crippen molar-refractivity contribution < 1.29 is 17.9 Å². The van der Waals surface area contributed by atoms with Gasteiger partial charge < -0.3 is 0 Å². The average molecular weight is 647 g/mol. The Labute approximate surface area is 247 Å². The van der Waals surface area contributed by atoms with Crippen molar-refractivity contribution in [3.63, 3.8) is 0 Å². The molecule has 1 unspecified atom stereocenters. The van der Waals surface area contributed by atoms with Crippen LogP contribution in [-0.4, -0.2) is 9.52 Å². The standard InChI is InChI=1S/C23H27.C12H9Si.2ClH.Zr/c1-16(2)13-19-12-11-18-14-20(23(3,4)5)15-21(18)22(19)17-9-7-6-8-10-17;1-3-7-11-9(5-1)10-6-2-4-8-12(10)13-11;;;/h6-12,14-16H,13H2,1-5H3;1-7H,13H2;2*1H;/q;;;;+2/p-2. The van der Waals surface area contributed by atoms with Crippen molar-refractivity contribution in [2.45, 2.75) is 44.7 Å². The number of allylic oxidation sites excluding steroid dienone is 1. The summed E-state index contributed by atoms with van der Waals surface area (Å²) in [6.45, 7) is 11.6. The second-order valence-electron chi connectivity index (χ2n) is 12.6. The van der Waals surface area contributed by atoms with Gasteiger partial charge in [-0.05, 0) is 0 Å². The molecule has 39 heavy (non-hydrogen) atoms. The Kier molecular flexibility index (Phi) is 7.25. The van der Waals surface area contributed by atoms with Gasteiger partial charge in [0.25, 0.3) is 0 Å². The molecule has 0 amide bonds. The van der Waals surface area contributed by atoms with E-state index in [1.165, 1.54) is 58.2 Å². The van der Waals surface area contributed by atoms with Gasteiger partial charge >= 0.3 is 250 Å². The van der Waals surface area contributed by atoms with Gasteiger partial charge in [0.15, 0.2) is 0 Å². The van der Waals surface area contributed by atoms with E-state index in [9.17, 15) is 0 Å². The summed E-state index contributed by atoms with van der Waals surface area (Å²) in [5.41, 5.74) is 10.8. The molecule has 1 atom stereocenters. The maximum atomic E-state index is 7.90. The van der Waals surface area contributed by atoms with Crippen LogP contribution in [0.4, 0.5) is 0 Å². The quantitative estimate of drug-likeness (QED) is 0.170. The predicted octanol–water partition coefficient (Wildman–Crippen LogP) is 7.92. The Balaban J connectivity index is 1.57. The summed E-state index contributed by atoms with van der Waals surface area (Å²) in [4.78, 5) is 0. The molecule has 0 saturated heterocycles. The topological polar surface area (TPSA) is 0 Å². The second kappa shape index (κ2) is 10.3. The Hall–Kier alpha value is -1.70. The van der Waals surface area contributed by atoms with E-state index < -0.39 is 27.4 Å². The van der Waals surface area contributed by atoms with E-state index in [4.69, 9.17) is 17.0 Å². The molecule has 0 radical (unpaired) electrons. The monoisotopic (exact) mass is 644 g/mol. The van der Waals surface area contributed by atoms with Crippen LogP contribution in [0.2, 0.25) is 0 Å². The third-order valence-electron chi connectivity index (χ3n) is 8.42. The van der Waals surface area contributed by atoms with Crippen LogP contribution in [-0.2, 0) is 24.3 Å². The van der Waals surface area contributed by atoms with Gasteiger partial charge in [-0.2, -0.15) is 0 Å². The zero-order valence-electron chi connectivity index (χ0n) is 23.5. The Bertz CT molecular complexity index is 1600. The van der Waals surface area contributed by atoms with E-state index in [0.29, 0.717) is 5.92 Å². The van der Waals surface area contributed by atoms with Crippen LogP contribution in [0.15, 0.2) is 90.5 Å². The fourth-order valence-electron chi connectivity index (χ4n) is 6.72. The normalized spacial score (nSPS) is 16.8. The van der Waals surface area contributed by atoms with E-state index >= 15 is 0 Å². The summed E-state index contributed by atoms with van der Waals surface area (Å²) in [5, 5.41) is 3.00.